The standard InChI is InChI=1S/C5H4Cl2O2/c6-5(7)2-4(5)1-3(8)9-4/h1-2H2. The zero-order valence-corrected chi connectivity index (χ0v) is 6.00. The number of hydrogen-bond donors (Lipinski definition) is 0. The van der Waals surface area contributed by atoms with Crippen molar-refractivity contribution in [3.05, 3.63) is 0 Å². The van der Waals surface area contributed by atoms with E-state index in [0.717, 1.165) is 0 Å². The second-order valence-electron chi connectivity index (χ2n) is 2.53. The van der Waals surface area contributed by atoms with Gasteiger partial charge in [0.25, 0.3) is 0 Å². The Bertz CT molecular complexity index is 179. The molecular weight excluding hydrogens is 163 g/mol. The van der Waals surface area contributed by atoms with Crippen LogP contribution < -0.4 is 0 Å². The number of halogens is 2. The third kappa shape index (κ3) is 0.555. The molecule has 2 fully saturated rings. The minimum atomic E-state index is -0.777. The van der Waals surface area contributed by atoms with Crippen molar-refractivity contribution in [1.29, 1.82) is 0 Å². The highest BCUT2D eigenvalue weighted by molar-refractivity contribution is 6.52. The topological polar surface area (TPSA) is 26.3 Å². The van der Waals surface area contributed by atoms with Crippen molar-refractivity contribution >= 4 is 29.2 Å². The van der Waals surface area contributed by atoms with Crippen LogP contribution in [0.25, 0.3) is 0 Å². The molecule has 1 saturated carbocycles. The Labute approximate surface area is 62.1 Å². The lowest BCUT2D eigenvalue weighted by Gasteiger charge is -2.26. The Kier molecular flexibility index (Phi) is 0.792. The monoisotopic (exact) mass is 166 g/mol. The summed E-state index contributed by atoms with van der Waals surface area (Å²) in [5.41, 5.74) is -0.479. The third-order valence-corrected chi connectivity index (χ3v) is 2.74. The molecular formula is C5H4Cl2O2. The summed E-state index contributed by atoms with van der Waals surface area (Å²) in [6.45, 7) is 0. The second-order valence-corrected chi connectivity index (χ2v) is 4.01. The number of hydrogen-bond acceptors (Lipinski definition) is 2. The number of carbonyl (C=O) groups is 1. The van der Waals surface area contributed by atoms with Crippen LogP contribution in [0.2, 0.25) is 0 Å². The Morgan fingerprint density at radius 2 is 2.00 bits per heavy atom. The Morgan fingerprint density at radius 1 is 1.56 bits per heavy atom. The van der Waals surface area contributed by atoms with Crippen LogP contribution in [-0.4, -0.2) is 15.9 Å². The molecule has 50 valence electrons. The van der Waals surface area contributed by atoms with E-state index in [1.54, 1.807) is 0 Å². The first-order valence-electron chi connectivity index (χ1n) is 2.65. The predicted octanol–water partition coefficient (Wildman–Crippen LogP) is 1.25. The molecule has 0 aromatic rings. The molecule has 1 unspecified atom stereocenters. The van der Waals surface area contributed by atoms with Gasteiger partial charge in [0.05, 0.1) is 6.42 Å². The molecule has 0 amide bonds. The Morgan fingerprint density at radius 3 is 2.11 bits per heavy atom. The lowest BCUT2D eigenvalue weighted by Crippen LogP contribution is -2.39. The van der Waals surface area contributed by atoms with Crippen LogP contribution in [0.5, 0.6) is 0 Å². The Hall–Kier alpha value is 0.0500. The van der Waals surface area contributed by atoms with E-state index in [2.05, 4.69) is 0 Å². The predicted molar refractivity (Wildman–Crippen MR) is 32.5 cm³/mol. The van der Waals surface area contributed by atoms with E-state index in [1.807, 2.05) is 0 Å². The maximum absolute atomic E-state index is 10.3. The molecule has 1 aliphatic carbocycles. The normalized spacial score (nSPS) is 44.0. The van der Waals surface area contributed by atoms with Crippen LogP contribution in [0, 0.1) is 0 Å². The largest absolute Gasteiger partial charge is 0.455 e. The van der Waals surface area contributed by atoms with Crippen molar-refractivity contribution in [3.8, 4) is 0 Å². The van der Waals surface area contributed by atoms with Crippen molar-refractivity contribution in [1.82, 2.24) is 0 Å². The summed E-state index contributed by atoms with van der Waals surface area (Å²) in [7, 11) is 0. The van der Waals surface area contributed by atoms with Gasteiger partial charge in [-0.1, -0.05) is 23.2 Å². The van der Waals surface area contributed by atoms with E-state index in [0.29, 0.717) is 12.8 Å². The lowest BCUT2D eigenvalue weighted by molar-refractivity contribution is -0.174. The first kappa shape index (κ1) is 5.81. The number of ether oxygens (including phenoxy) is 1. The van der Waals surface area contributed by atoms with Crippen LogP contribution in [0.1, 0.15) is 12.8 Å². The summed E-state index contributed by atoms with van der Waals surface area (Å²) in [6.07, 6.45) is 0.981. The average Bonchev–Trinajstić information content (AvgIpc) is 2.06. The van der Waals surface area contributed by atoms with E-state index in [-0.39, 0.29) is 5.97 Å². The van der Waals surface area contributed by atoms with Gasteiger partial charge in [0.1, 0.15) is 0 Å². The summed E-state index contributed by atoms with van der Waals surface area (Å²) in [5, 5.41) is 0. The van der Waals surface area contributed by atoms with Gasteiger partial charge in [-0.2, -0.15) is 0 Å². The number of carbonyl (C=O) groups excluding carboxylic acids is 1. The minimum Gasteiger partial charge on any atom is -0.455 e. The van der Waals surface area contributed by atoms with Crippen molar-refractivity contribution in [2.24, 2.45) is 0 Å². The number of rotatable bonds is 0. The SMILES string of the molecule is O=C1CC2(CC2(Cl)Cl)O1. The molecule has 0 radical (unpaired) electrons. The van der Waals surface area contributed by atoms with Gasteiger partial charge in [-0.25, -0.2) is 0 Å². The van der Waals surface area contributed by atoms with Gasteiger partial charge >= 0.3 is 5.97 Å². The highest BCUT2D eigenvalue weighted by Crippen LogP contribution is 2.65. The summed E-state index contributed by atoms with van der Waals surface area (Å²) in [4.78, 5) is 10.3. The molecule has 0 bridgehead atoms. The van der Waals surface area contributed by atoms with Gasteiger partial charge in [-0.05, 0) is 0 Å². The first-order valence-corrected chi connectivity index (χ1v) is 3.41. The van der Waals surface area contributed by atoms with Gasteiger partial charge in [-0.3, -0.25) is 4.79 Å². The van der Waals surface area contributed by atoms with Crippen LogP contribution in [-0.2, 0) is 9.53 Å². The molecule has 1 spiro atoms. The Balaban J connectivity index is 2.11. The van der Waals surface area contributed by atoms with Gasteiger partial charge < -0.3 is 4.74 Å². The molecule has 0 N–H and O–H groups in total. The minimum absolute atomic E-state index is 0.196. The van der Waals surface area contributed by atoms with Crippen LogP contribution in [0.3, 0.4) is 0 Å². The zero-order chi connectivity index (χ0) is 6.70. The fraction of sp³-hybridized carbons (Fsp3) is 0.800. The summed E-state index contributed by atoms with van der Waals surface area (Å²) in [6, 6.07) is 0. The van der Waals surface area contributed by atoms with E-state index in [9.17, 15) is 4.79 Å². The van der Waals surface area contributed by atoms with Crippen molar-refractivity contribution in [2.75, 3.05) is 0 Å². The molecule has 0 aromatic carbocycles. The highest BCUT2D eigenvalue weighted by Gasteiger charge is 2.75. The molecule has 4 heteroatoms. The van der Waals surface area contributed by atoms with Gasteiger partial charge in [0.15, 0.2) is 9.93 Å². The van der Waals surface area contributed by atoms with Gasteiger partial charge in [-0.15, -0.1) is 0 Å². The molecule has 2 nitrogen and oxygen atoms in total. The maximum Gasteiger partial charge on any atom is 0.310 e. The van der Waals surface area contributed by atoms with Crippen LogP contribution >= 0.6 is 23.2 Å². The highest BCUT2D eigenvalue weighted by atomic mass is 35.5. The molecule has 1 saturated heterocycles. The number of alkyl halides is 2. The summed E-state index contributed by atoms with van der Waals surface area (Å²) < 4.78 is 3.97. The van der Waals surface area contributed by atoms with E-state index >= 15 is 0 Å². The fourth-order valence-corrected chi connectivity index (χ4v) is 1.70. The average molecular weight is 167 g/mol. The van der Waals surface area contributed by atoms with Gasteiger partial charge in [0, 0.05) is 6.42 Å². The number of esters is 1. The smallest absolute Gasteiger partial charge is 0.310 e. The quantitative estimate of drug-likeness (QED) is 0.400. The molecule has 2 rings (SSSR count). The zero-order valence-electron chi connectivity index (χ0n) is 4.49. The molecule has 1 atom stereocenters. The van der Waals surface area contributed by atoms with Crippen molar-refractivity contribution < 1.29 is 9.53 Å². The molecule has 1 aliphatic heterocycles. The molecule has 2 aliphatic rings. The van der Waals surface area contributed by atoms with Crippen molar-refractivity contribution in [3.63, 3.8) is 0 Å². The maximum atomic E-state index is 10.3. The van der Waals surface area contributed by atoms with Crippen LogP contribution in [0.4, 0.5) is 0 Å². The second kappa shape index (κ2) is 1.23. The van der Waals surface area contributed by atoms with Crippen LogP contribution in [0.15, 0.2) is 0 Å². The summed E-state index contributed by atoms with van der Waals surface area (Å²) in [5.74, 6) is -0.196. The van der Waals surface area contributed by atoms with Gasteiger partial charge in [0.2, 0.25) is 0 Å². The fourth-order valence-electron chi connectivity index (χ4n) is 1.06. The summed E-state index contributed by atoms with van der Waals surface area (Å²) >= 11 is 11.3. The third-order valence-electron chi connectivity index (χ3n) is 1.79. The lowest BCUT2D eigenvalue weighted by atomic mass is 10.1. The van der Waals surface area contributed by atoms with E-state index in [4.69, 9.17) is 27.9 Å². The van der Waals surface area contributed by atoms with Crippen molar-refractivity contribution in [2.45, 2.75) is 22.8 Å². The molecule has 1 heterocycles. The molecule has 9 heavy (non-hydrogen) atoms. The van der Waals surface area contributed by atoms with E-state index in [1.165, 1.54) is 0 Å². The molecule has 0 aromatic heterocycles. The van der Waals surface area contributed by atoms with E-state index < -0.39 is 9.93 Å². The first-order chi connectivity index (χ1) is 4.06.